The first-order valence-electron chi connectivity index (χ1n) is 7.38. The average Bonchev–Trinajstić information content (AvgIpc) is 2.93. The van der Waals surface area contributed by atoms with E-state index in [-0.39, 0.29) is 11.5 Å². The summed E-state index contributed by atoms with van der Waals surface area (Å²) in [6, 6.07) is 10.9. The molecular weight excluding hydrogens is 378 g/mol. The van der Waals surface area contributed by atoms with Crippen molar-refractivity contribution >= 4 is 39.1 Å². The number of halogens is 1. The molecule has 0 fully saturated rings. The van der Waals surface area contributed by atoms with E-state index in [4.69, 9.17) is 5.11 Å². The number of carbonyl (C=O) groups excluding carboxylic acids is 1. The van der Waals surface area contributed by atoms with Crippen LogP contribution in [0.3, 0.4) is 0 Å². The van der Waals surface area contributed by atoms with Crippen LogP contribution in [0, 0.1) is 0 Å². The summed E-state index contributed by atoms with van der Waals surface area (Å²) in [7, 11) is 0. The van der Waals surface area contributed by atoms with Crippen molar-refractivity contribution in [3.05, 3.63) is 56.2 Å². The third-order valence-electron chi connectivity index (χ3n) is 3.37. The van der Waals surface area contributed by atoms with Crippen LogP contribution in [0.2, 0.25) is 0 Å². The molecule has 1 aromatic heterocycles. The lowest BCUT2D eigenvalue weighted by Gasteiger charge is -2.06. The van der Waals surface area contributed by atoms with Crippen LogP contribution in [-0.2, 0) is 17.6 Å². The second-order valence-electron chi connectivity index (χ2n) is 5.16. The number of hydrogen-bond donors (Lipinski definition) is 2. The number of aromatic carboxylic acids is 1. The number of carbonyl (C=O) groups is 2. The van der Waals surface area contributed by atoms with Crippen molar-refractivity contribution in [2.24, 2.45) is 0 Å². The van der Waals surface area contributed by atoms with E-state index in [2.05, 4.69) is 27.3 Å². The van der Waals surface area contributed by atoms with Gasteiger partial charge in [0.15, 0.2) is 0 Å². The van der Waals surface area contributed by atoms with Crippen molar-refractivity contribution in [1.82, 2.24) is 5.32 Å². The van der Waals surface area contributed by atoms with Crippen molar-refractivity contribution in [3.63, 3.8) is 0 Å². The molecule has 1 aromatic carbocycles. The summed E-state index contributed by atoms with van der Waals surface area (Å²) in [5.74, 6) is -0.897. The molecule has 1 heterocycles. The molecule has 6 heteroatoms. The topological polar surface area (TPSA) is 66.4 Å². The summed E-state index contributed by atoms with van der Waals surface area (Å²) in [6.45, 7) is 0.520. The Morgan fingerprint density at radius 3 is 2.70 bits per heavy atom. The van der Waals surface area contributed by atoms with Crippen molar-refractivity contribution in [1.29, 1.82) is 0 Å². The highest BCUT2D eigenvalue weighted by molar-refractivity contribution is 9.11. The van der Waals surface area contributed by atoms with Gasteiger partial charge in [0.25, 0.3) is 0 Å². The zero-order valence-corrected chi connectivity index (χ0v) is 15.0. The highest BCUT2D eigenvalue weighted by Crippen LogP contribution is 2.23. The first-order chi connectivity index (χ1) is 11.0. The van der Waals surface area contributed by atoms with E-state index in [0.29, 0.717) is 19.4 Å². The Hall–Kier alpha value is -1.66. The van der Waals surface area contributed by atoms with Crippen LogP contribution < -0.4 is 5.32 Å². The van der Waals surface area contributed by atoms with Gasteiger partial charge in [0, 0.05) is 17.8 Å². The highest BCUT2D eigenvalue weighted by Gasteiger charge is 2.05. The highest BCUT2D eigenvalue weighted by atomic mass is 79.9. The van der Waals surface area contributed by atoms with E-state index in [1.54, 1.807) is 29.5 Å². The Morgan fingerprint density at radius 2 is 2.00 bits per heavy atom. The number of aryl methyl sites for hydroxylation is 1. The minimum atomic E-state index is -0.934. The number of carboxylic acid groups (broad SMARTS) is 1. The van der Waals surface area contributed by atoms with Crippen molar-refractivity contribution in [2.45, 2.75) is 25.7 Å². The molecule has 0 bridgehead atoms. The Balaban J connectivity index is 1.66. The number of rotatable bonds is 8. The largest absolute Gasteiger partial charge is 0.478 e. The lowest BCUT2D eigenvalue weighted by molar-refractivity contribution is -0.121. The third kappa shape index (κ3) is 6.15. The van der Waals surface area contributed by atoms with Crippen LogP contribution >= 0.6 is 27.3 Å². The van der Waals surface area contributed by atoms with E-state index in [1.807, 2.05) is 12.1 Å². The predicted molar refractivity (Wildman–Crippen MR) is 95.1 cm³/mol. The molecule has 0 aliphatic rings. The maximum atomic E-state index is 11.8. The first kappa shape index (κ1) is 17.7. The molecule has 2 N–H and O–H groups in total. The summed E-state index contributed by atoms with van der Waals surface area (Å²) in [6.07, 6.45) is 2.87. The van der Waals surface area contributed by atoms with Crippen LogP contribution in [0.4, 0.5) is 0 Å². The Labute approximate surface area is 147 Å². The summed E-state index contributed by atoms with van der Waals surface area (Å²) < 4.78 is 1.11. The smallest absolute Gasteiger partial charge is 0.335 e. The molecular formula is C17H18BrNO3S. The van der Waals surface area contributed by atoms with Gasteiger partial charge in [-0.25, -0.2) is 4.79 Å². The van der Waals surface area contributed by atoms with Crippen molar-refractivity contribution in [2.75, 3.05) is 6.54 Å². The van der Waals surface area contributed by atoms with Crippen LogP contribution in [0.1, 0.15) is 33.6 Å². The summed E-state index contributed by atoms with van der Waals surface area (Å²) in [5, 5.41) is 11.8. The van der Waals surface area contributed by atoms with Crippen LogP contribution in [0.5, 0.6) is 0 Å². The van der Waals surface area contributed by atoms with Gasteiger partial charge in [-0.15, -0.1) is 11.3 Å². The zero-order chi connectivity index (χ0) is 16.7. The Kier molecular flexibility index (Phi) is 6.80. The normalized spacial score (nSPS) is 10.5. The minimum absolute atomic E-state index is 0.0370. The lowest BCUT2D eigenvalue weighted by Crippen LogP contribution is -2.25. The van der Waals surface area contributed by atoms with Gasteiger partial charge in [0.1, 0.15) is 0 Å². The van der Waals surface area contributed by atoms with E-state index < -0.39 is 5.97 Å². The van der Waals surface area contributed by atoms with Crippen LogP contribution in [0.15, 0.2) is 40.2 Å². The number of amides is 1. The molecule has 122 valence electrons. The quantitative estimate of drug-likeness (QED) is 0.712. The molecule has 0 saturated heterocycles. The standard InChI is InChI=1S/C17H18BrNO3S/c18-15-8-7-14(23-15)5-2-6-16(20)19-10-9-12-3-1-4-13(11-12)17(21)22/h1,3-4,7-8,11H,2,5-6,9-10H2,(H,19,20)(H,21,22). The third-order valence-corrected chi connectivity index (χ3v) is 5.05. The van der Waals surface area contributed by atoms with Gasteiger partial charge >= 0.3 is 5.97 Å². The second-order valence-corrected chi connectivity index (χ2v) is 7.71. The molecule has 0 aliphatic heterocycles. The number of carboxylic acids is 1. The summed E-state index contributed by atoms with van der Waals surface area (Å²) >= 11 is 5.12. The molecule has 2 rings (SSSR count). The SMILES string of the molecule is O=C(CCCc1ccc(Br)s1)NCCc1cccc(C(=O)O)c1. The monoisotopic (exact) mass is 395 g/mol. The number of thiophene rings is 1. The molecule has 0 aliphatic carbocycles. The van der Waals surface area contributed by atoms with Gasteiger partial charge in [0.2, 0.25) is 5.91 Å². The molecule has 23 heavy (non-hydrogen) atoms. The van der Waals surface area contributed by atoms with Crippen LogP contribution in [-0.4, -0.2) is 23.5 Å². The Bertz CT molecular complexity index is 684. The molecule has 0 atom stereocenters. The number of benzene rings is 1. The maximum absolute atomic E-state index is 11.8. The fourth-order valence-corrected chi connectivity index (χ4v) is 3.73. The maximum Gasteiger partial charge on any atom is 0.335 e. The minimum Gasteiger partial charge on any atom is -0.478 e. The molecule has 0 spiro atoms. The second kappa shape index (κ2) is 8.84. The number of nitrogens with one attached hydrogen (secondary N) is 1. The van der Waals surface area contributed by atoms with Crippen LogP contribution in [0.25, 0.3) is 0 Å². The van der Waals surface area contributed by atoms with Gasteiger partial charge < -0.3 is 10.4 Å². The Morgan fingerprint density at radius 1 is 1.17 bits per heavy atom. The van der Waals surface area contributed by atoms with Gasteiger partial charge in [-0.1, -0.05) is 12.1 Å². The van der Waals surface area contributed by atoms with E-state index in [9.17, 15) is 9.59 Å². The fourth-order valence-electron chi connectivity index (χ4n) is 2.20. The number of hydrogen-bond acceptors (Lipinski definition) is 3. The van der Waals surface area contributed by atoms with E-state index in [1.165, 1.54) is 4.88 Å². The van der Waals surface area contributed by atoms with Gasteiger partial charge in [-0.3, -0.25) is 4.79 Å². The predicted octanol–water partition coefficient (Wildman–Crippen LogP) is 3.89. The van der Waals surface area contributed by atoms with E-state index in [0.717, 1.165) is 22.2 Å². The van der Waals surface area contributed by atoms with Crippen molar-refractivity contribution < 1.29 is 14.7 Å². The molecule has 0 unspecified atom stereocenters. The molecule has 2 aromatic rings. The van der Waals surface area contributed by atoms with Gasteiger partial charge in [0.05, 0.1) is 9.35 Å². The van der Waals surface area contributed by atoms with E-state index >= 15 is 0 Å². The lowest BCUT2D eigenvalue weighted by atomic mass is 10.1. The van der Waals surface area contributed by atoms with Gasteiger partial charge in [-0.2, -0.15) is 0 Å². The molecule has 1 amide bonds. The molecule has 0 radical (unpaired) electrons. The van der Waals surface area contributed by atoms with Crippen molar-refractivity contribution in [3.8, 4) is 0 Å². The summed E-state index contributed by atoms with van der Waals surface area (Å²) in [5.41, 5.74) is 1.18. The summed E-state index contributed by atoms with van der Waals surface area (Å²) in [4.78, 5) is 24.0. The molecule has 0 saturated carbocycles. The molecule has 4 nitrogen and oxygen atoms in total. The average molecular weight is 396 g/mol. The first-order valence-corrected chi connectivity index (χ1v) is 8.98. The zero-order valence-electron chi connectivity index (χ0n) is 12.5. The fraction of sp³-hybridized carbons (Fsp3) is 0.294. The van der Waals surface area contributed by atoms with Gasteiger partial charge in [-0.05, 0) is 65.0 Å².